The highest BCUT2D eigenvalue weighted by Gasteiger charge is 2.31. The third kappa shape index (κ3) is 2.72. The standard InChI is InChI=1S/C18H21N5O/c1-10-4-3-8-19-14(10)11(2)21-17-13-7-9-20-18(24)15(13)22-16(23-17)12-5-6-12/h3-4,8,11-12H,5-7,9H2,1-2H3,(H,20,24)(H,21,22,23). The second-order valence-corrected chi connectivity index (χ2v) is 6.61. The number of amides is 1. The van der Waals surface area contributed by atoms with Crippen LogP contribution in [0.4, 0.5) is 5.82 Å². The van der Waals surface area contributed by atoms with Gasteiger partial charge < -0.3 is 10.6 Å². The summed E-state index contributed by atoms with van der Waals surface area (Å²) in [5, 5.41) is 6.35. The zero-order valence-electron chi connectivity index (χ0n) is 14.0. The van der Waals surface area contributed by atoms with Crippen LogP contribution in [0.1, 0.15) is 64.9 Å². The van der Waals surface area contributed by atoms with E-state index in [1.807, 2.05) is 6.07 Å². The van der Waals surface area contributed by atoms with E-state index in [0.29, 0.717) is 18.2 Å². The maximum absolute atomic E-state index is 12.2. The fourth-order valence-electron chi connectivity index (χ4n) is 3.18. The summed E-state index contributed by atoms with van der Waals surface area (Å²) in [5.74, 6) is 1.88. The van der Waals surface area contributed by atoms with Crippen molar-refractivity contribution in [1.29, 1.82) is 0 Å². The molecular weight excluding hydrogens is 302 g/mol. The number of nitrogens with one attached hydrogen (secondary N) is 2. The Kier molecular flexibility index (Phi) is 3.67. The van der Waals surface area contributed by atoms with Crippen molar-refractivity contribution in [1.82, 2.24) is 20.3 Å². The quantitative estimate of drug-likeness (QED) is 0.904. The Labute approximate surface area is 141 Å². The number of nitrogens with zero attached hydrogens (tertiary/aromatic N) is 3. The van der Waals surface area contributed by atoms with Crippen LogP contribution in [0.25, 0.3) is 0 Å². The lowest BCUT2D eigenvalue weighted by molar-refractivity contribution is 0.0940. The van der Waals surface area contributed by atoms with Crippen molar-refractivity contribution in [2.45, 2.75) is 45.1 Å². The Bertz CT molecular complexity index is 800. The molecule has 0 bridgehead atoms. The SMILES string of the molecule is Cc1cccnc1C(C)Nc1nc(C2CC2)nc2c1CCNC2=O. The normalized spacial score (nSPS) is 17.8. The zero-order valence-corrected chi connectivity index (χ0v) is 14.0. The molecule has 3 heterocycles. The van der Waals surface area contributed by atoms with Crippen molar-refractivity contribution in [3.05, 3.63) is 46.7 Å². The number of carbonyl (C=O) groups excluding carboxylic acids is 1. The van der Waals surface area contributed by atoms with Crippen molar-refractivity contribution >= 4 is 11.7 Å². The second kappa shape index (κ2) is 5.85. The predicted molar refractivity (Wildman–Crippen MR) is 91.1 cm³/mol. The molecule has 2 N–H and O–H groups in total. The van der Waals surface area contributed by atoms with Crippen LogP contribution < -0.4 is 10.6 Å². The smallest absolute Gasteiger partial charge is 0.270 e. The Morgan fingerprint density at radius 1 is 1.33 bits per heavy atom. The van der Waals surface area contributed by atoms with E-state index in [1.165, 1.54) is 0 Å². The van der Waals surface area contributed by atoms with Gasteiger partial charge in [-0.3, -0.25) is 9.78 Å². The minimum Gasteiger partial charge on any atom is -0.362 e. The molecule has 2 aliphatic rings. The van der Waals surface area contributed by atoms with Crippen LogP contribution in [0, 0.1) is 6.92 Å². The number of fused-ring (bicyclic) bond motifs is 1. The molecule has 4 rings (SSSR count). The third-order valence-electron chi connectivity index (χ3n) is 4.66. The summed E-state index contributed by atoms with van der Waals surface area (Å²) < 4.78 is 0. The molecule has 6 heteroatoms. The summed E-state index contributed by atoms with van der Waals surface area (Å²) in [6.07, 6.45) is 4.77. The Balaban J connectivity index is 1.71. The molecular formula is C18H21N5O. The number of aromatic nitrogens is 3. The molecule has 0 aromatic carbocycles. The number of pyridine rings is 1. The fraction of sp³-hybridized carbons (Fsp3) is 0.444. The molecule has 1 fully saturated rings. The van der Waals surface area contributed by atoms with Crippen molar-refractivity contribution in [3.8, 4) is 0 Å². The maximum Gasteiger partial charge on any atom is 0.270 e. The summed E-state index contributed by atoms with van der Waals surface area (Å²) >= 11 is 0. The molecule has 0 spiro atoms. The average molecular weight is 323 g/mol. The van der Waals surface area contributed by atoms with Gasteiger partial charge in [0.2, 0.25) is 0 Å². The maximum atomic E-state index is 12.2. The Morgan fingerprint density at radius 2 is 2.17 bits per heavy atom. The summed E-state index contributed by atoms with van der Waals surface area (Å²) in [7, 11) is 0. The van der Waals surface area contributed by atoms with E-state index < -0.39 is 0 Å². The van der Waals surface area contributed by atoms with Gasteiger partial charge in [0.1, 0.15) is 17.3 Å². The van der Waals surface area contributed by atoms with Gasteiger partial charge in [-0.1, -0.05) is 6.07 Å². The van der Waals surface area contributed by atoms with Gasteiger partial charge in [-0.25, -0.2) is 9.97 Å². The number of anilines is 1. The largest absolute Gasteiger partial charge is 0.362 e. The highest BCUT2D eigenvalue weighted by atomic mass is 16.1. The number of carbonyl (C=O) groups is 1. The van der Waals surface area contributed by atoms with Gasteiger partial charge >= 0.3 is 0 Å². The van der Waals surface area contributed by atoms with Crippen molar-refractivity contribution in [3.63, 3.8) is 0 Å². The van der Waals surface area contributed by atoms with Crippen molar-refractivity contribution in [2.24, 2.45) is 0 Å². The first-order valence-electron chi connectivity index (χ1n) is 8.50. The van der Waals surface area contributed by atoms with E-state index in [2.05, 4.69) is 40.5 Å². The molecule has 2 aromatic heterocycles. The summed E-state index contributed by atoms with van der Waals surface area (Å²) in [6.45, 7) is 4.76. The Morgan fingerprint density at radius 3 is 2.92 bits per heavy atom. The van der Waals surface area contributed by atoms with Gasteiger partial charge in [-0.15, -0.1) is 0 Å². The molecule has 0 saturated heterocycles. The van der Waals surface area contributed by atoms with E-state index in [0.717, 1.165) is 47.7 Å². The number of rotatable bonds is 4. The number of hydrogen-bond acceptors (Lipinski definition) is 5. The van der Waals surface area contributed by atoms with Gasteiger partial charge in [-0.2, -0.15) is 0 Å². The molecule has 24 heavy (non-hydrogen) atoms. The van der Waals surface area contributed by atoms with Gasteiger partial charge in [0.25, 0.3) is 5.91 Å². The van der Waals surface area contributed by atoms with E-state index in [9.17, 15) is 4.79 Å². The van der Waals surface area contributed by atoms with Crippen LogP contribution in [0.15, 0.2) is 18.3 Å². The third-order valence-corrected chi connectivity index (χ3v) is 4.66. The zero-order chi connectivity index (χ0) is 16.7. The van der Waals surface area contributed by atoms with Crippen LogP contribution >= 0.6 is 0 Å². The minimum absolute atomic E-state index is 0.0160. The molecule has 1 atom stereocenters. The van der Waals surface area contributed by atoms with Gasteiger partial charge in [0.15, 0.2) is 0 Å². The van der Waals surface area contributed by atoms with Crippen LogP contribution in [0.5, 0.6) is 0 Å². The predicted octanol–water partition coefficient (Wildman–Crippen LogP) is 2.52. The average Bonchev–Trinajstić information content (AvgIpc) is 3.41. The Hall–Kier alpha value is -2.50. The molecule has 0 radical (unpaired) electrons. The van der Waals surface area contributed by atoms with E-state index in [1.54, 1.807) is 6.20 Å². The van der Waals surface area contributed by atoms with E-state index >= 15 is 0 Å². The number of aryl methyl sites for hydroxylation is 1. The summed E-state index contributed by atoms with van der Waals surface area (Å²) in [6, 6.07) is 4.01. The first kappa shape index (κ1) is 15.1. The molecule has 1 unspecified atom stereocenters. The van der Waals surface area contributed by atoms with Crippen LogP contribution in [-0.2, 0) is 6.42 Å². The van der Waals surface area contributed by atoms with Gasteiger partial charge in [0.05, 0.1) is 11.7 Å². The fourth-order valence-corrected chi connectivity index (χ4v) is 3.18. The first-order chi connectivity index (χ1) is 11.6. The lowest BCUT2D eigenvalue weighted by atomic mass is 10.0. The molecule has 1 aliphatic heterocycles. The van der Waals surface area contributed by atoms with Gasteiger partial charge in [0, 0.05) is 24.2 Å². The highest BCUT2D eigenvalue weighted by Crippen LogP contribution is 2.39. The monoisotopic (exact) mass is 323 g/mol. The lowest BCUT2D eigenvalue weighted by Crippen LogP contribution is -2.34. The molecule has 124 valence electrons. The topological polar surface area (TPSA) is 79.8 Å². The summed E-state index contributed by atoms with van der Waals surface area (Å²) in [4.78, 5) is 26.0. The summed E-state index contributed by atoms with van der Waals surface area (Å²) in [5.41, 5.74) is 3.59. The van der Waals surface area contributed by atoms with E-state index in [4.69, 9.17) is 4.98 Å². The van der Waals surface area contributed by atoms with Crippen molar-refractivity contribution < 1.29 is 4.79 Å². The first-order valence-corrected chi connectivity index (χ1v) is 8.50. The van der Waals surface area contributed by atoms with Crippen LogP contribution in [0.2, 0.25) is 0 Å². The molecule has 1 aliphatic carbocycles. The molecule has 1 saturated carbocycles. The lowest BCUT2D eigenvalue weighted by Gasteiger charge is -2.23. The molecule has 1 amide bonds. The molecule has 6 nitrogen and oxygen atoms in total. The van der Waals surface area contributed by atoms with Crippen LogP contribution in [0.3, 0.4) is 0 Å². The van der Waals surface area contributed by atoms with E-state index in [-0.39, 0.29) is 11.9 Å². The highest BCUT2D eigenvalue weighted by molar-refractivity contribution is 5.96. The number of hydrogen-bond donors (Lipinski definition) is 2. The van der Waals surface area contributed by atoms with Crippen LogP contribution in [-0.4, -0.2) is 27.4 Å². The van der Waals surface area contributed by atoms with Crippen molar-refractivity contribution in [2.75, 3.05) is 11.9 Å². The van der Waals surface area contributed by atoms with Gasteiger partial charge in [-0.05, 0) is 44.7 Å². The second-order valence-electron chi connectivity index (χ2n) is 6.61. The molecule has 2 aromatic rings. The minimum atomic E-state index is -0.0923.